The minimum absolute atomic E-state index is 0.272. The Morgan fingerprint density at radius 1 is 1.36 bits per heavy atom. The molecule has 1 saturated heterocycles. The fourth-order valence-corrected chi connectivity index (χ4v) is 2.19. The Labute approximate surface area is 94.6 Å². The molecule has 14 heavy (non-hydrogen) atoms. The van der Waals surface area contributed by atoms with Crippen LogP contribution in [0.4, 0.5) is 0 Å². The van der Waals surface area contributed by atoms with E-state index in [1.807, 2.05) is 4.90 Å². The topological polar surface area (TPSA) is 23.6 Å². The van der Waals surface area contributed by atoms with E-state index in [4.69, 9.17) is 0 Å². The second kappa shape index (κ2) is 5.12. The van der Waals surface area contributed by atoms with Gasteiger partial charge < -0.3 is 4.90 Å². The van der Waals surface area contributed by atoms with Crippen molar-refractivity contribution < 1.29 is 4.79 Å². The molecule has 0 saturated carbocycles. The van der Waals surface area contributed by atoms with E-state index < -0.39 is 0 Å². The maximum Gasteiger partial charge on any atom is 0.223 e. The molecule has 0 N–H and O–H groups in total. The minimum atomic E-state index is 0.272. The molecule has 0 aromatic carbocycles. The first-order valence-electron chi connectivity index (χ1n) is 5.12. The van der Waals surface area contributed by atoms with Crippen LogP contribution in [0.5, 0.6) is 0 Å². The van der Waals surface area contributed by atoms with Crippen LogP contribution in [-0.4, -0.2) is 53.3 Å². The van der Waals surface area contributed by atoms with Crippen LogP contribution in [0, 0.1) is 0 Å². The molecule has 1 fully saturated rings. The monoisotopic (exact) mass is 262 g/mol. The summed E-state index contributed by atoms with van der Waals surface area (Å²) in [5.41, 5.74) is 0. The van der Waals surface area contributed by atoms with Gasteiger partial charge in [0.15, 0.2) is 0 Å². The van der Waals surface area contributed by atoms with Gasteiger partial charge in [0.25, 0.3) is 0 Å². The molecule has 1 heterocycles. The van der Waals surface area contributed by atoms with Gasteiger partial charge in [0.05, 0.1) is 0 Å². The lowest BCUT2D eigenvalue weighted by Gasteiger charge is -2.42. The van der Waals surface area contributed by atoms with E-state index in [-0.39, 0.29) is 5.91 Å². The first-order chi connectivity index (χ1) is 6.56. The third kappa shape index (κ3) is 2.70. The van der Waals surface area contributed by atoms with E-state index in [2.05, 4.69) is 41.7 Å². The quantitative estimate of drug-likeness (QED) is 0.701. The maximum absolute atomic E-state index is 11.7. The lowest BCUT2D eigenvalue weighted by molar-refractivity contribution is -0.134. The average Bonchev–Trinajstić information content (AvgIpc) is 2.13. The number of carbonyl (C=O) groups excluding carboxylic acids is 1. The maximum atomic E-state index is 11.7. The molecule has 0 radical (unpaired) electrons. The highest BCUT2D eigenvalue weighted by atomic mass is 79.9. The smallest absolute Gasteiger partial charge is 0.223 e. The van der Waals surface area contributed by atoms with Gasteiger partial charge in [-0.25, -0.2) is 0 Å². The van der Waals surface area contributed by atoms with E-state index in [0.29, 0.717) is 18.5 Å². The van der Waals surface area contributed by atoms with Crippen LogP contribution in [0.15, 0.2) is 0 Å². The molecule has 1 rings (SSSR count). The number of amides is 1. The largest absolute Gasteiger partial charge is 0.340 e. The molecule has 0 aromatic heterocycles. The molecule has 82 valence electrons. The van der Waals surface area contributed by atoms with E-state index in [0.717, 1.165) is 18.4 Å². The number of hydrogen-bond donors (Lipinski definition) is 0. The molecule has 0 bridgehead atoms. The summed E-state index contributed by atoms with van der Waals surface area (Å²) >= 11 is 3.30. The molecule has 4 heteroatoms. The standard InChI is InChI=1S/C10H19BrN2O/c1-8-6-13(10(14)4-5-11)7-9(2)12(8)3/h8-9H,4-7H2,1-3H3/t8-,9+. The van der Waals surface area contributed by atoms with Crippen molar-refractivity contribution in [1.82, 2.24) is 9.80 Å². The highest BCUT2D eigenvalue weighted by Crippen LogP contribution is 2.14. The summed E-state index contributed by atoms with van der Waals surface area (Å²) in [7, 11) is 2.13. The number of rotatable bonds is 2. The number of hydrogen-bond acceptors (Lipinski definition) is 2. The Balaban J connectivity index is 2.53. The van der Waals surface area contributed by atoms with E-state index in [1.165, 1.54) is 0 Å². The van der Waals surface area contributed by atoms with Gasteiger partial charge >= 0.3 is 0 Å². The highest BCUT2D eigenvalue weighted by molar-refractivity contribution is 9.09. The van der Waals surface area contributed by atoms with Crippen LogP contribution in [-0.2, 0) is 4.79 Å². The third-order valence-electron chi connectivity index (χ3n) is 3.02. The molecule has 0 spiro atoms. The Kier molecular flexibility index (Phi) is 4.38. The van der Waals surface area contributed by atoms with E-state index in [9.17, 15) is 4.79 Å². The number of likely N-dealkylation sites (N-methyl/N-ethyl adjacent to an activating group) is 1. The van der Waals surface area contributed by atoms with Gasteiger partial charge in [0, 0.05) is 36.9 Å². The number of piperazine rings is 1. The summed E-state index contributed by atoms with van der Waals surface area (Å²) < 4.78 is 0. The van der Waals surface area contributed by atoms with Gasteiger partial charge in [0.1, 0.15) is 0 Å². The first kappa shape index (κ1) is 12.0. The summed E-state index contributed by atoms with van der Waals surface area (Å²) in [5.74, 6) is 0.272. The summed E-state index contributed by atoms with van der Waals surface area (Å²) in [5, 5.41) is 0.765. The van der Waals surface area contributed by atoms with Crippen molar-refractivity contribution in [3.63, 3.8) is 0 Å². The summed E-state index contributed by atoms with van der Waals surface area (Å²) in [6, 6.07) is 0.941. The highest BCUT2D eigenvalue weighted by Gasteiger charge is 2.28. The Morgan fingerprint density at radius 3 is 2.29 bits per heavy atom. The lowest BCUT2D eigenvalue weighted by atomic mass is 10.1. The van der Waals surface area contributed by atoms with Crippen LogP contribution in [0.25, 0.3) is 0 Å². The fraction of sp³-hybridized carbons (Fsp3) is 0.900. The zero-order valence-corrected chi connectivity index (χ0v) is 10.7. The van der Waals surface area contributed by atoms with Crippen molar-refractivity contribution in [3.05, 3.63) is 0 Å². The minimum Gasteiger partial charge on any atom is -0.340 e. The predicted octanol–water partition coefficient (Wildman–Crippen LogP) is 1.32. The first-order valence-corrected chi connectivity index (χ1v) is 6.24. The molecule has 1 aliphatic heterocycles. The SMILES string of the molecule is C[C@@H]1CN(C(=O)CCBr)C[C@H](C)N1C. The van der Waals surface area contributed by atoms with Crippen LogP contribution < -0.4 is 0 Å². The molecular weight excluding hydrogens is 244 g/mol. The van der Waals surface area contributed by atoms with Crippen LogP contribution in [0.1, 0.15) is 20.3 Å². The third-order valence-corrected chi connectivity index (χ3v) is 3.42. The van der Waals surface area contributed by atoms with Crippen LogP contribution in [0.3, 0.4) is 0 Å². The molecule has 1 aliphatic rings. The number of alkyl halides is 1. The summed E-state index contributed by atoms with van der Waals surface area (Å²) in [4.78, 5) is 16.0. The second-order valence-electron chi connectivity index (χ2n) is 4.10. The molecular formula is C10H19BrN2O. The Bertz CT molecular complexity index is 198. The Hall–Kier alpha value is -0.0900. The van der Waals surface area contributed by atoms with Gasteiger partial charge in [-0.1, -0.05) is 15.9 Å². The van der Waals surface area contributed by atoms with Crippen molar-refractivity contribution >= 4 is 21.8 Å². The molecule has 2 atom stereocenters. The van der Waals surface area contributed by atoms with Gasteiger partial charge in [-0.15, -0.1) is 0 Å². The van der Waals surface area contributed by atoms with Crippen molar-refractivity contribution in [2.24, 2.45) is 0 Å². The molecule has 1 amide bonds. The molecule has 3 nitrogen and oxygen atoms in total. The van der Waals surface area contributed by atoms with Crippen molar-refractivity contribution in [2.45, 2.75) is 32.4 Å². The average molecular weight is 263 g/mol. The molecule has 0 aromatic rings. The van der Waals surface area contributed by atoms with Gasteiger partial charge in [-0.05, 0) is 20.9 Å². The zero-order valence-electron chi connectivity index (χ0n) is 9.16. The number of carbonyl (C=O) groups is 1. The summed E-state index contributed by atoms with van der Waals surface area (Å²) in [6.45, 7) is 6.08. The molecule has 0 unspecified atom stereocenters. The fourth-order valence-electron chi connectivity index (χ4n) is 1.85. The van der Waals surface area contributed by atoms with Crippen LogP contribution >= 0.6 is 15.9 Å². The second-order valence-corrected chi connectivity index (χ2v) is 4.89. The van der Waals surface area contributed by atoms with Crippen molar-refractivity contribution in [1.29, 1.82) is 0 Å². The normalized spacial score (nSPS) is 29.3. The van der Waals surface area contributed by atoms with Crippen LogP contribution in [0.2, 0.25) is 0 Å². The van der Waals surface area contributed by atoms with Crippen molar-refractivity contribution in [3.8, 4) is 0 Å². The number of nitrogens with zero attached hydrogens (tertiary/aromatic N) is 2. The van der Waals surface area contributed by atoms with Gasteiger partial charge in [-0.2, -0.15) is 0 Å². The van der Waals surface area contributed by atoms with Crippen molar-refractivity contribution in [2.75, 3.05) is 25.5 Å². The Morgan fingerprint density at radius 2 is 1.86 bits per heavy atom. The van der Waals surface area contributed by atoms with E-state index in [1.54, 1.807) is 0 Å². The molecule has 0 aliphatic carbocycles. The predicted molar refractivity (Wildman–Crippen MR) is 61.7 cm³/mol. The summed E-state index contributed by atoms with van der Waals surface area (Å²) in [6.07, 6.45) is 0.614. The zero-order chi connectivity index (χ0) is 10.7. The lowest BCUT2D eigenvalue weighted by Crippen LogP contribution is -2.56. The van der Waals surface area contributed by atoms with Gasteiger partial charge in [0.2, 0.25) is 5.91 Å². The van der Waals surface area contributed by atoms with Gasteiger partial charge in [-0.3, -0.25) is 9.69 Å². The van der Waals surface area contributed by atoms with E-state index >= 15 is 0 Å². The number of halogens is 1.